The summed E-state index contributed by atoms with van der Waals surface area (Å²) in [7, 11) is 0. The third kappa shape index (κ3) is 4.23. The molecule has 1 aliphatic carbocycles. The smallest absolute Gasteiger partial charge is 0.137 e. The highest BCUT2D eigenvalue weighted by molar-refractivity contribution is 5.91. The van der Waals surface area contributed by atoms with Gasteiger partial charge in [-0.25, -0.2) is 9.97 Å². The number of nitrogens with one attached hydrogen (secondary N) is 1. The van der Waals surface area contributed by atoms with Crippen LogP contribution in [0.25, 0.3) is 10.9 Å². The van der Waals surface area contributed by atoms with E-state index in [0.717, 1.165) is 48.7 Å². The Morgan fingerprint density at radius 1 is 1.21 bits per heavy atom. The summed E-state index contributed by atoms with van der Waals surface area (Å²) in [5.74, 6) is 2.24. The first-order chi connectivity index (χ1) is 13.6. The van der Waals surface area contributed by atoms with Crippen molar-refractivity contribution < 1.29 is 4.74 Å². The lowest BCUT2D eigenvalue weighted by molar-refractivity contribution is -0.0539. The molecule has 0 bridgehead atoms. The maximum Gasteiger partial charge on any atom is 0.137 e. The molecule has 2 aliphatic rings. The van der Waals surface area contributed by atoms with Crippen molar-refractivity contribution in [3.8, 4) is 0 Å². The Bertz CT molecular complexity index is 788. The predicted molar refractivity (Wildman–Crippen MR) is 114 cm³/mol. The van der Waals surface area contributed by atoms with Crippen LogP contribution in [-0.2, 0) is 4.74 Å². The molecule has 0 amide bonds. The van der Waals surface area contributed by atoms with E-state index in [0.29, 0.717) is 23.9 Å². The Kier molecular flexibility index (Phi) is 5.97. The number of nitrogen functional groups attached to an aromatic ring is 1. The zero-order chi connectivity index (χ0) is 19.5. The second-order valence-corrected chi connectivity index (χ2v) is 8.68. The van der Waals surface area contributed by atoms with Crippen molar-refractivity contribution in [3.63, 3.8) is 0 Å². The summed E-state index contributed by atoms with van der Waals surface area (Å²) < 4.78 is 5.74. The lowest BCUT2D eigenvalue weighted by Crippen LogP contribution is -2.53. The minimum atomic E-state index is 0.575. The van der Waals surface area contributed by atoms with Crippen molar-refractivity contribution in [1.29, 1.82) is 0 Å². The highest BCUT2D eigenvalue weighted by Gasteiger charge is 2.33. The van der Waals surface area contributed by atoms with E-state index in [-0.39, 0.29) is 0 Å². The number of benzene rings is 1. The van der Waals surface area contributed by atoms with Crippen LogP contribution < -0.4 is 11.1 Å². The van der Waals surface area contributed by atoms with Gasteiger partial charge in [0.1, 0.15) is 12.1 Å². The molecule has 1 aromatic carbocycles. The number of fused-ring (bicyclic) bond motifs is 1. The van der Waals surface area contributed by atoms with E-state index < -0.39 is 0 Å². The fourth-order valence-corrected chi connectivity index (χ4v) is 4.80. The maximum atomic E-state index is 5.95. The van der Waals surface area contributed by atoms with Crippen molar-refractivity contribution in [2.45, 2.75) is 51.6 Å². The number of ether oxygens (including phenoxy) is 1. The van der Waals surface area contributed by atoms with Crippen molar-refractivity contribution in [1.82, 2.24) is 14.9 Å². The summed E-state index contributed by atoms with van der Waals surface area (Å²) in [6.45, 7) is 8.47. The monoisotopic (exact) mass is 383 g/mol. The van der Waals surface area contributed by atoms with Crippen LogP contribution >= 0.6 is 0 Å². The lowest BCUT2D eigenvalue weighted by Gasteiger charge is -2.45. The number of hydrogen-bond donors (Lipinski definition) is 2. The van der Waals surface area contributed by atoms with Gasteiger partial charge in [-0.1, -0.05) is 13.8 Å². The quantitative estimate of drug-likeness (QED) is 0.769. The SMILES string of the molecule is CC(C)[C@@H]1COCCN1C1CCC(CNc2ncnc3ccc(N)cc23)CC1. The number of nitrogens with two attached hydrogens (primary N) is 1. The molecule has 1 saturated heterocycles. The second-order valence-electron chi connectivity index (χ2n) is 8.68. The van der Waals surface area contributed by atoms with Crippen LogP contribution in [-0.4, -0.2) is 53.3 Å². The van der Waals surface area contributed by atoms with E-state index in [1.54, 1.807) is 6.33 Å². The topological polar surface area (TPSA) is 76.3 Å². The zero-order valence-corrected chi connectivity index (χ0v) is 17.1. The molecule has 1 aliphatic heterocycles. The van der Waals surface area contributed by atoms with Crippen LogP contribution in [0, 0.1) is 11.8 Å². The van der Waals surface area contributed by atoms with Crippen LogP contribution in [0.1, 0.15) is 39.5 Å². The van der Waals surface area contributed by atoms with Crippen molar-refractivity contribution in [3.05, 3.63) is 24.5 Å². The Labute approximate surface area is 167 Å². The molecule has 4 rings (SSSR count). The van der Waals surface area contributed by atoms with Gasteiger partial charge in [0.15, 0.2) is 0 Å². The maximum absolute atomic E-state index is 5.95. The summed E-state index contributed by atoms with van der Waals surface area (Å²) in [4.78, 5) is 11.5. The lowest BCUT2D eigenvalue weighted by atomic mass is 9.84. The number of hydrogen-bond acceptors (Lipinski definition) is 6. The van der Waals surface area contributed by atoms with Crippen LogP contribution in [0.3, 0.4) is 0 Å². The summed E-state index contributed by atoms with van der Waals surface area (Å²) in [5, 5.41) is 4.57. The normalized spacial score (nSPS) is 26.6. The molecule has 0 unspecified atom stereocenters. The molecule has 28 heavy (non-hydrogen) atoms. The molecule has 2 heterocycles. The fourth-order valence-electron chi connectivity index (χ4n) is 4.80. The molecule has 0 radical (unpaired) electrons. The highest BCUT2D eigenvalue weighted by atomic mass is 16.5. The van der Waals surface area contributed by atoms with Gasteiger partial charge in [0.2, 0.25) is 0 Å². The summed E-state index contributed by atoms with van der Waals surface area (Å²) in [6, 6.07) is 7.09. The molecule has 6 heteroatoms. The van der Waals surface area contributed by atoms with Crippen molar-refractivity contribution >= 4 is 22.4 Å². The highest BCUT2D eigenvalue weighted by Crippen LogP contribution is 2.31. The van der Waals surface area contributed by atoms with Crippen LogP contribution in [0.2, 0.25) is 0 Å². The molecule has 2 aromatic rings. The average Bonchev–Trinajstić information content (AvgIpc) is 2.72. The zero-order valence-electron chi connectivity index (χ0n) is 17.1. The molecular weight excluding hydrogens is 350 g/mol. The Morgan fingerprint density at radius 2 is 2.04 bits per heavy atom. The van der Waals surface area contributed by atoms with E-state index >= 15 is 0 Å². The molecule has 6 nitrogen and oxygen atoms in total. The minimum absolute atomic E-state index is 0.575. The Hall–Kier alpha value is -1.92. The fraction of sp³-hybridized carbons (Fsp3) is 0.636. The largest absolute Gasteiger partial charge is 0.399 e. The van der Waals surface area contributed by atoms with E-state index in [9.17, 15) is 0 Å². The van der Waals surface area contributed by atoms with Gasteiger partial charge < -0.3 is 15.8 Å². The van der Waals surface area contributed by atoms with Crippen molar-refractivity contribution in [2.75, 3.05) is 37.4 Å². The molecule has 1 aromatic heterocycles. The van der Waals surface area contributed by atoms with E-state index in [1.165, 1.54) is 25.7 Å². The van der Waals surface area contributed by atoms with Gasteiger partial charge >= 0.3 is 0 Å². The number of rotatable bonds is 5. The summed E-state index contributed by atoms with van der Waals surface area (Å²) >= 11 is 0. The predicted octanol–water partition coefficient (Wildman–Crippen LogP) is 3.54. The molecule has 0 spiro atoms. The van der Waals surface area contributed by atoms with E-state index in [2.05, 4.69) is 34.0 Å². The van der Waals surface area contributed by atoms with Gasteiger partial charge in [-0.05, 0) is 55.7 Å². The molecule has 1 atom stereocenters. The van der Waals surface area contributed by atoms with Gasteiger partial charge in [-0.2, -0.15) is 0 Å². The third-order valence-corrected chi connectivity index (χ3v) is 6.48. The average molecular weight is 384 g/mol. The third-order valence-electron chi connectivity index (χ3n) is 6.48. The molecule has 3 N–H and O–H groups in total. The number of morpholine rings is 1. The molecular formula is C22H33N5O. The van der Waals surface area contributed by atoms with E-state index in [4.69, 9.17) is 10.5 Å². The first-order valence-electron chi connectivity index (χ1n) is 10.7. The molecule has 1 saturated carbocycles. The van der Waals surface area contributed by atoms with Gasteiger partial charge in [0.25, 0.3) is 0 Å². The van der Waals surface area contributed by atoms with Gasteiger partial charge in [0, 0.05) is 36.2 Å². The van der Waals surface area contributed by atoms with Gasteiger partial charge in [-0.3, -0.25) is 4.90 Å². The Balaban J connectivity index is 1.33. The van der Waals surface area contributed by atoms with Crippen LogP contribution in [0.4, 0.5) is 11.5 Å². The van der Waals surface area contributed by atoms with Crippen LogP contribution in [0.15, 0.2) is 24.5 Å². The van der Waals surface area contributed by atoms with Crippen molar-refractivity contribution in [2.24, 2.45) is 11.8 Å². The summed E-state index contributed by atoms with van der Waals surface area (Å²) in [6.07, 6.45) is 6.73. The van der Waals surface area contributed by atoms with Gasteiger partial charge in [0.05, 0.1) is 18.7 Å². The second kappa shape index (κ2) is 8.62. The van der Waals surface area contributed by atoms with Crippen LogP contribution in [0.5, 0.6) is 0 Å². The first kappa shape index (κ1) is 19.4. The molecule has 152 valence electrons. The number of aromatic nitrogens is 2. The molecule has 2 fully saturated rings. The Morgan fingerprint density at radius 3 is 2.82 bits per heavy atom. The standard InChI is InChI=1S/C22H33N5O/c1-15(2)21-13-28-10-9-27(21)18-6-3-16(4-7-18)12-24-22-19-11-17(23)5-8-20(19)25-14-26-22/h5,8,11,14-16,18,21H,3-4,6-7,9-10,12-13,23H2,1-2H3,(H,24,25,26)/t16?,18?,21-/m0/s1. The number of nitrogens with zero attached hydrogens (tertiary/aromatic N) is 3. The van der Waals surface area contributed by atoms with E-state index in [1.807, 2.05) is 18.2 Å². The number of anilines is 2. The minimum Gasteiger partial charge on any atom is -0.399 e. The first-order valence-corrected chi connectivity index (χ1v) is 10.7. The summed E-state index contributed by atoms with van der Waals surface area (Å²) in [5.41, 5.74) is 7.63. The van der Waals surface area contributed by atoms with Gasteiger partial charge in [-0.15, -0.1) is 0 Å².